The summed E-state index contributed by atoms with van der Waals surface area (Å²) < 4.78 is 0. The van der Waals surface area contributed by atoms with E-state index in [2.05, 4.69) is 0 Å². The second-order valence-electron chi connectivity index (χ2n) is 6.67. The molecule has 0 aromatic heterocycles. The highest BCUT2D eigenvalue weighted by molar-refractivity contribution is 6.30. The molecular formula is C21H22ClN3O3. The Bertz CT molecular complexity index is 898. The Kier molecular flexibility index (Phi) is 5.99. The van der Waals surface area contributed by atoms with Crippen LogP contribution in [0.1, 0.15) is 22.8 Å². The Morgan fingerprint density at radius 2 is 1.79 bits per heavy atom. The molecule has 1 aliphatic rings. The van der Waals surface area contributed by atoms with Gasteiger partial charge in [-0.3, -0.25) is 19.3 Å². The van der Waals surface area contributed by atoms with E-state index < -0.39 is 0 Å². The minimum absolute atomic E-state index is 0.00241. The molecule has 1 heterocycles. The van der Waals surface area contributed by atoms with Crippen LogP contribution in [0, 0.1) is 6.92 Å². The standard InChI is InChI=1S/C21H22ClN3O3/c1-3-23(21(28)18-7-5-4-6-15(18)2)12-19(26)24-13-20(27)25(14-24)17-10-8-16(22)9-11-17/h4-11H,3,12-14H2,1-2H3. The minimum atomic E-state index is -0.256. The topological polar surface area (TPSA) is 60.9 Å². The molecular weight excluding hydrogens is 378 g/mol. The molecule has 2 aromatic carbocycles. The first-order chi connectivity index (χ1) is 13.4. The summed E-state index contributed by atoms with van der Waals surface area (Å²) in [5, 5.41) is 0.580. The lowest BCUT2D eigenvalue weighted by molar-refractivity contribution is -0.132. The maximum atomic E-state index is 12.8. The Morgan fingerprint density at radius 3 is 2.43 bits per heavy atom. The van der Waals surface area contributed by atoms with E-state index in [1.165, 1.54) is 14.7 Å². The van der Waals surface area contributed by atoms with Crippen molar-refractivity contribution in [3.8, 4) is 0 Å². The number of carbonyl (C=O) groups excluding carboxylic acids is 3. The van der Waals surface area contributed by atoms with E-state index in [0.717, 1.165) is 5.56 Å². The molecule has 0 atom stereocenters. The number of hydrogen-bond donors (Lipinski definition) is 0. The number of nitrogens with zero attached hydrogens (tertiary/aromatic N) is 3. The number of rotatable bonds is 5. The van der Waals surface area contributed by atoms with E-state index >= 15 is 0 Å². The molecule has 28 heavy (non-hydrogen) atoms. The molecule has 0 aliphatic carbocycles. The molecule has 0 bridgehead atoms. The highest BCUT2D eigenvalue weighted by Crippen LogP contribution is 2.22. The van der Waals surface area contributed by atoms with Crippen LogP contribution in [0.3, 0.4) is 0 Å². The summed E-state index contributed by atoms with van der Waals surface area (Å²) in [5.74, 6) is -0.605. The predicted molar refractivity (Wildman–Crippen MR) is 108 cm³/mol. The van der Waals surface area contributed by atoms with Gasteiger partial charge in [0.1, 0.15) is 19.8 Å². The van der Waals surface area contributed by atoms with Crippen LogP contribution in [-0.2, 0) is 9.59 Å². The first kappa shape index (κ1) is 19.9. The quantitative estimate of drug-likeness (QED) is 0.776. The summed E-state index contributed by atoms with van der Waals surface area (Å²) >= 11 is 5.89. The highest BCUT2D eigenvalue weighted by atomic mass is 35.5. The fourth-order valence-electron chi connectivity index (χ4n) is 3.14. The number of carbonyl (C=O) groups is 3. The van der Waals surface area contributed by atoms with Gasteiger partial charge in [0.05, 0.1) is 0 Å². The lowest BCUT2D eigenvalue weighted by atomic mass is 10.1. The Balaban J connectivity index is 1.68. The van der Waals surface area contributed by atoms with Crippen LogP contribution in [-0.4, -0.2) is 53.8 Å². The van der Waals surface area contributed by atoms with Crippen LogP contribution < -0.4 is 4.90 Å². The SMILES string of the molecule is CCN(CC(=O)N1CC(=O)N(c2ccc(Cl)cc2)C1)C(=O)c1ccccc1C. The van der Waals surface area contributed by atoms with Crippen molar-refractivity contribution in [1.82, 2.24) is 9.80 Å². The molecule has 6 nitrogen and oxygen atoms in total. The summed E-state index contributed by atoms with van der Waals surface area (Å²) in [6.45, 7) is 4.20. The van der Waals surface area contributed by atoms with E-state index in [9.17, 15) is 14.4 Å². The lowest BCUT2D eigenvalue weighted by Gasteiger charge is -2.24. The number of benzene rings is 2. The number of amides is 3. The van der Waals surface area contributed by atoms with Gasteiger partial charge in [0, 0.05) is 22.8 Å². The first-order valence-corrected chi connectivity index (χ1v) is 9.47. The molecule has 3 amide bonds. The van der Waals surface area contributed by atoms with Gasteiger partial charge >= 0.3 is 0 Å². The molecule has 7 heteroatoms. The predicted octanol–water partition coefficient (Wildman–Crippen LogP) is 2.94. The summed E-state index contributed by atoms with van der Waals surface area (Å²) in [5.41, 5.74) is 2.13. The number of halogens is 1. The average Bonchev–Trinajstić information content (AvgIpc) is 3.08. The van der Waals surface area contributed by atoms with Gasteiger partial charge in [-0.15, -0.1) is 0 Å². The molecule has 2 aromatic rings. The van der Waals surface area contributed by atoms with Crippen molar-refractivity contribution in [2.75, 3.05) is 31.2 Å². The highest BCUT2D eigenvalue weighted by Gasteiger charge is 2.33. The van der Waals surface area contributed by atoms with Crippen molar-refractivity contribution < 1.29 is 14.4 Å². The Morgan fingerprint density at radius 1 is 1.11 bits per heavy atom. The number of aryl methyl sites for hydroxylation is 1. The molecule has 1 fully saturated rings. The monoisotopic (exact) mass is 399 g/mol. The Labute approximate surface area is 169 Å². The van der Waals surface area contributed by atoms with E-state index in [1.54, 1.807) is 36.4 Å². The maximum absolute atomic E-state index is 12.8. The largest absolute Gasteiger partial charge is 0.330 e. The smallest absolute Gasteiger partial charge is 0.254 e. The van der Waals surface area contributed by atoms with Crippen LogP contribution in [0.2, 0.25) is 5.02 Å². The van der Waals surface area contributed by atoms with Gasteiger partial charge in [-0.05, 0) is 49.7 Å². The van der Waals surface area contributed by atoms with E-state index in [0.29, 0.717) is 22.8 Å². The van der Waals surface area contributed by atoms with Gasteiger partial charge in [0.25, 0.3) is 5.91 Å². The van der Waals surface area contributed by atoms with E-state index in [1.807, 2.05) is 26.0 Å². The van der Waals surface area contributed by atoms with Gasteiger partial charge in [-0.25, -0.2) is 0 Å². The van der Waals surface area contributed by atoms with Crippen LogP contribution in [0.15, 0.2) is 48.5 Å². The number of likely N-dealkylation sites (N-methyl/N-ethyl adjacent to an activating group) is 1. The van der Waals surface area contributed by atoms with Crippen molar-refractivity contribution >= 4 is 35.0 Å². The first-order valence-electron chi connectivity index (χ1n) is 9.09. The zero-order valence-corrected chi connectivity index (χ0v) is 16.6. The van der Waals surface area contributed by atoms with Crippen molar-refractivity contribution in [2.45, 2.75) is 13.8 Å². The summed E-state index contributed by atoms with van der Waals surface area (Å²) in [6.07, 6.45) is 0. The normalized spacial score (nSPS) is 13.8. The molecule has 1 saturated heterocycles. The fourth-order valence-corrected chi connectivity index (χ4v) is 3.26. The molecule has 0 radical (unpaired) electrons. The Hall–Kier alpha value is -2.86. The molecule has 0 spiro atoms. The third kappa shape index (κ3) is 4.17. The molecule has 0 unspecified atom stereocenters. The summed E-state index contributed by atoms with van der Waals surface area (Å²) in [4.78, 5) is 42.4. The second kappa shape index (κ2) is 8.44. The van der Waals surface area contributed by atoms with Gasteiger partial charge in [-0.2, -0.15) is 0 Å². The van der Waals surface area contributed by atoms with E-state index in [4.69, 9.17) is 11.6 Å². The molecule has 0 saturated carbocycles. The number of hydrogen-bond acceptors (Lipinski definition) is 3. The summed E-state index contributed by atoms with van der Waals surface area (Å²) in [6, 6.07) is 14.2. The molecule has 3 rings (SSSR count). The van der Waals surface area contributed by atoms with Crippen molar-refractivity contribution in [1.29, 1.82) is 0 Å². The van der Waals surface area contributed by atoms with Gasteiger partial charge in [0.15, 0.2) is 0 Å². The molecule has 1 aliphatic heterocycles. The van der Waals surface area contributed by atoms with Crippen molar-refractivity contribution in [3.05, 3.63) is 64.7 Å². The van der Waals surface area contributed by atoms with Crippen molar-refractivity contribution in [2.24, 2.45) is 0 Å². The maximum Gasteiger partial charge on any atom is 0.254 e. The van der Waals surface area contributed by atoms with Crippen LogP contribution in [0.4, 0.5) is 5.69 Å². The van der Waals surface area contributed by atoms with Gasteiger partial charge in [0.2, 0.25) is 11.8 Å². The van der Waals surface area contributed by atoms with Crippen molar-refractivity contribution in [3.63, 3.8) is 0 Å². The third-order valence-corrected chi connectivity index (χ3v) is 5.05. The van der Waals surface area contributed by atoms with Gasteiger partial charge in [-0.1, -0.05) is 29.8 Å². The fraction of sp³-hybridized carbons (Fsp3) is 0.286. The third-order valence-electron chi connectivity index (χ3n) is 4.80. The molecule has 0 N–H and O–H groups in total. The second-order valence-corrected chi connectivity index (χ2v) is 7.10. The van der Waals surface area contributed by atoms with Gasteiger partial charge < -0.3 is 9.80 Å². The number of anilines is 1. The summed E-state index contributed by atoms with van der Waals surface area (Å²) in [7, 11) is 0. The van der Waals surface area contributed by atoms with Crippen LogP contribution in [0.5, 0.6) is 0 Å². The zero-order valence-electron chi connectivity index (χ0n) is 15.9. The molecule has 146 valence electrons. The zero-order chi connectivity index (χ0) is 20.3. The van der Waals surface area contributed by atoms with Crippen LogP contribution in [0.25, 0.3) is 0 Å². The lowest BCUT2D eigenvalue weighted by Crippen LogP contribution is -2.42. The minimum Gasteiger partial charge on any atom is -0.330 e. The van der Waals surface area contributed by atoms with Crippen LogP contribution >= 0.6 is 11.6 Å². The average molecular weight is 400 g/mol. The van der Waals surface area contributed by atoms with E-state index in [-0.39, 0.29) is 37.5 Å².